The van der Waals surface area contributed by atoms with Crippen LogP contribution >= 0.6 is 11.8 Å². The molecule has 72 valence electrons. The van der Waals surface area contributed by atoms with Crippen LogP contribution in [-0.4, -0.2) is 17.3 Å². The molecule has 0 aliphatic rings. The van der Waals surface area contributed by atoms with Crippen molar-refractivity contribution in [1.29, 1.82) is 5.41 Å². The Bertz CT molecular complexity index is 134. The highest BCUT2D eigenvalue weighted by atomic mass is 32.2. The molecule has 0 bridgehead atoms. The van der Waals surface area contributed by atoms with Gasteiger partial charge in [-0.25, -0.2) is 0 Å². The van der Waals surface area contributed by atoms with Crippen LogP contribution in [0.3, 0.4) is 0 Å². The molecular weight excluding hydrogens is 168 g/mol. The second-order valence-corrected chi connectivity index (χ2v) is 4.76. The largest absolute Gasteiger partial charge is 0.387 e. The molecule has 0 saturated carbocycles. The molecular formula is C9H20N2S. The molecule has 0 heterocycles. The first kappa shape index (κ1) is 11.8. The minimum Gasteiger partial charge on any atom is -0.387 e. The smallest absolute Gasteiger partial charge is 0.0942 e. The van der Waals surface area contributed by atoms with E-state index in [-0.39, 0.29) is 5.92 Å². The molecule has 0 radical (unpaired) electrons. The van der Waals surface area contributed by atoms with Gasteiger partial charge in [0, 0.05) is 11.7 Å². The first-order valence-corrected chi connectivity index (χ1v) is 5.61. The summed E-state index contributed by atoms with van der Waals surface area (Å²) in [5, 5.41) is 7.18. The molecule has 0 aliphatic carbocycles. The predicted molar refractivity (Wildman–Crippen MR) is 57.9 cm³/mol. The summed E-state index contributed by atoms with van der Waals surface area (Å²) >= 11 is 1.90. The summed E-state index contributed by atoms with van der Waals surface area (Å²) < 4.78 is 0. The van der Waals surface area contributed by atoms with Crippen molar-refractivity contribution in [3.63, 3.8) is 0 Å². The Morgan fingerprint density at radius 2 is 2.00 bits per heavy atom. The van der Waals surface area contributed by atoms with E-state index >= 15 is 0 Å². The molecule has 0 saturated heterocycles. The van der Waals surface area contributed by atoms with E-state index in [0.29, 0.717) is 5.84 Å². The predicted octanol–water partition coefficient (Wildman–Crippen LogP) is 2.34. The lowest BCUT2D eigenvalue weighted by molar-refractivity contribution is 0.631. The van der Waals surface area contributed by atoms with E-state index in [1.165, 1.54) is 12.2 Å². The van der Waals surface area contributed by atoms with E-state index in [1.807, 2.05) is 18.7 Å². The molecule has 0 amide bonds. The third-order valence-electron chi connectivity index (χ3n) is 1.74. The van der Waals surface area contributed by atoms with E-state index < -0.39 is 0 Å². The lowest BCUT2D eigenvalue weighted by Crippen LogP contribution is -2.21. The molecule has 0 aromatic heterocycles. The molecule has 12 heavy (non-hydrogen) atoms. The van der Waals surface area contributed by atoms with Crippen LogP contribution in [0.25, 0.3) is 0 Å². The number of hydrogen-bond donors (Lipinski definition) is 2. The fraction of sp³-hybridized carbons (Fsp3) is 0.889. The van der Waals surface area contributed by atoms with Gasteiger partial charge in [-0.2, -0.15) is 11.8 Å². The maximum atomic E-state index is 7.18. The quantitative estimate of drug-likeness (QED) is 0.382. The Labute approximate surface area is 79.8 Å². The van der Waals surface area contributed by atoms with E-state index in [9.17, 15) is 0 Å². The zero-order valence-electron chi connectivity index (χ0n) is 8.26. The van der Waals surface area contributed by atoms with Gasteiger partial charge in [0.1, 0.15) is 0 Å². The van der Waals surface area contributed by atoms with E-state index in [1.54, 1.807) is 0 Å². The van der Waals surface area contributed by atoms with Gasteiger partial charge in [0.05, 0.1) is 5.84 Å². The topological polar surface area (TPSA) is 49.9 Å². The van der Waals surface area contributed by atoms with E-state index in [2.05, 4.69) is 13.8 Å². The van der Waals surface area contributed by atoms with Gasteiger partial charge in [-0.05, 0) is 18.1 Å². The zero-order chi connectivity index (χ0) is 9.56. The lowest BCUT2D eigenvalue weighted by atomic mass is 10.2. The summed E-state index contributed by atoms with van der Waals surface area (Å²) in [6.07, 6.45) is 1.26. The van der Waals surface area contributed by atoms with Crippen molar-refractivity contribution in [2.45, 2.75) is 27.2 Å². The van der Waals surface area contributed by atoms with Gasteiger partial charge in [0.25, 0.3) is 0 Å². The second kappa shape index (κ2) is 6.35. The minimum atomic E-state index is 0.238. The van der Waals surface area contributed by atoms with Gasteiger partial charge in [-0.15, -0.1) is 0 Å². The normalized spacial score (nSPS) is 13.3. The molecule has 3 heteroatoms. The van der Waals surface area contributed by atoms with Gasteiger partial charge in [0.2, 0.25) is 0 Å². The summed E-state index contributed by atoms with van der Waals surface area (Å²) in [6, 6.07) is 0. The average molecular weight is 188 g/mol. The fourth-order valence-corrected chi connectivity index (χ4v) is 2.01. The van der Waals surface area contributed by atoms with Gasteiger partial charge in [0.15, 0.2) is 0 Å². The van der Waals surface area contributed by atoms with Crippen molar-refractivity contribution in [1.82, 2.24) is 0 Å². The molecule has 3 N–H and O–H groups in total. The number of nitrogens with one attached hydrogen (secondary N) is 1. The van der Waals surface area contributed by atoms with Crippen molar-refractivity contribution >= 4 is 17.6 Å². The van der Waals surface area contributed by atoms with Crippen LogP contribution in [-0.2, 0) is 0 Å². The van der Waals surface area contributed by atoms with Crippen molar-refractivity contribution in [3.8, 4) is 0 Å². The van der Waals surface area contributed by atoms with Crippen LogP contribution in [0.2, 0.25) is 0 Å². The summed E-state index contributed by atoms with van der Waals surface area (Å²) in [6.45, 7) is 6.47. The maximum Gasteiger partial charge on any atom is 0.0942 e. The molecule has 0 aliphatic heterocycles. The highest BCUT2D eigenvalue weighted by Crippen LogP contribution is 2.12. The van der Waals surface area contributed by atoms with Crippen molar-refractivity contribution < 1.29 is 0 Å². The lowest BCUT2D eigenvalue weighted by Gasteiger charge is -2.09. The standard InChI is InChI=1S/C9H20N2S/c1-7(2)4-5-12-6-8(3)9(10)11/h7-8H,4-6H2,1-3H3,(H3,10,11). The molecule has 1 atom stereocenters. The Morgan fingerprint density at radius 1 is 1.42 bits per heavy atom. The zero-order valence-corrected chi connectivity index (χ0v) is 9.08. The van der Waals surface area contributed by atoms with Crippen molar-refractivity contribution in [3.05, 3.63) is 0 Å². The summed E-state index contributed by atoms with van der Waals surface area (Å²) in [4.78, 5) is 0. The molecule has 0 fully saturated rings. The van der Waals surface area contributed by atoms with Gasteiger partial charge >= 0.3 is 0 Å². The van der Waals surface area contributed by atoms with Gasteiger partial charge in [-0.1, -0.05) is 20.8 Å². The van der Waals surface area contributed by atoms with Crippen LogP contribution in [0.1, 0.15) is 27.2 Å². The van der Waals surface area contributed by atoms with E-state index in [0.717, 1.165) is 11.7 Å². The molecule has 0 aromatic carbocycles. The Hall–Kier alpha value is -0.180. The number of rotatable bonds is 6. The molecule has 2 nitrogen and oxygen atoms in total. The molecule has 1 unspecified atom stereocenters. The summed E-state index contributed by atoms with van der Waals surface area (Å²) in [5.41, 5.74) is 5.35. The summed E-state index contributed by atoms with van der Waals surface area (Å²) in [7, 11) is 0. The number of amidine groups is 1. The molecule has 0 aromatic rings. The number of thioether (sulfide) groups is 1. The van der Waals surface area contributed by atoms with Crippen LogP contribution in [0.15, 0.2) is 0 Å². The third kappa shape index (κ3) is 6.53. The average Bonchev–Trinajstić information content (AvgIpc) is 1.97. The Kier molecular flexibility index (Phi) is 6.25. The highest BCUT2D eigenvalue weighted by Gasteiger charge is 2.04. The molecule has 0 rings (SSSR count). The van der Waals surface area contributed by atoms with Gasteiger partial charge < -0.3 is 5.73 Å². The monoisotopic (exact) mass is 188 g/mol. The van der Waals surface area contributed by atoms with Crippen LogP contribution < -0.4 is 5.73 Å². The number of nitrogens with two attached hydrogens (primary N) is 1. The fourth-order valence-electron chi connectivity index (χ4n) is 0.669. The summed E-state index contributed by atoms with van der Waals surface area (Å²) in [5.74, 6) is 3.51. The third-order valence-corrected chi connectivity index (χ3v) is 3.00. The van der Waals surface area contributed by atoms with Crippen LogP contribution in [0, 0.1) is 17.2 Å². The number of hydrogen-bond acceptors (Lipinski definition) is 2. The minimum absolute atomic E-state index is 0.238. The highest BCUT2D eigenvalue weighted by molar-refractivity contribution is 7.99. The maximum absolute atomic E-state index is 7.18. The second-order valence-electron chi connectivity index (χ2n) is 3.61. The van der Waals surface area contributed by atoms with Crippen LogP contribution in [0.5, 0.6) is 0 Å². The first-order valence-electron chi connectivity index (χ1n) is 4.45. The van der Waals surface area contributed by atoms with Crippen molar-refractivity contribution in [2.75, 3.05) is 11.5 Å². The van der Waals surface area contributed by atoms with Gasteiger partial charge in [-0.3, -0.25) is 5.41 Å². The molecule has 0 spiro atoms. The van der Waals surface area contributed by atoms with Crippen LogP contribution in [0.4, 0.5) is 0 Å². The SMILES string of the molecule is CC(C)CCSCC(C)C(=N)N. The van der Waals surface area contributed by atoms with E-state index in [4.69, 9.17) is 11.1 Å². The Balaban J connectivity index is 3.25. The Morgan fingerprint density at radius 3 is 2.42 bits per heavy atom. The van der Waals surface area contributed by atoms with Crippen molar-refractivity contribution in [2.24, 2.45) is 17.6 Å². The first-order chi connectivity index (χ1) is 5.54.